The summed E-state index contributed by atoms with van der Waals surface area (Å²) >= 11 is 8.16. The fourth-order valence-electron chi connectivity index (χ4n) is 1.47. The van der Waals surface area contributed by atoms with E-state index in [0.717, 1.165) is 18.8 Å². The molecule has 227 valence electrons. The number of hydrogen-bond donors (Lipinski definition) is 2. The number of thioether (sulfide) groups is 1. The molecule has 0 aliphatic heterocycles. The van der Waals surface area contributed by atoms with Crippen molar-refractivity contribution in [1.82, 2.24) is 0 Å². The molecule has 0 amide bonds. The van der Waals surface area contributed by atoms with Gasteiger partial charge in [0.1, 0.15) is 6.29 Å². The molecule has 0 saturated heterocycles. The van der Waals surface area contributed by atoms with Gasteiger partial charge in [-0.3, -0.25) is 0 Å². The van der Waals surface area contributed by atoms with Crippen LogP contribution in [-0.4, -0.2) is 80.7 Å². The van der Waals surface area contributed by atoms with Crippen molar-refractivity contribution in [2.75, 3.05) is 37.7 Å². The number of carbonyl (C=O) groups excluding carboxylic acids is 4. The van der Waals surface area contributed by atoms with Crippen molar-refractivity contribution in [2.24, 2.45) is 4.30 Å². The topological polar surface area (TPSA) is 129 Å². The zero-order chi connectivity index (χ0) is 32.1. The van der Waals surface area contributed by atoms with Crippen LogP contribution >= 0.6 is 40.5 Å². The summed E-state index contributed by atoms with van der Waals surface area (Å²) in [5, 5.41) is 9.69. The van der Waals surface area contributed by atoms with Crippen LogP contribution in [0.4, 0.5) is 0 Å². The van der Waals surface area contributed by atoms with Crippen molar-refractivity contribution < 1.29 is 38.5 Å². The summed E-state index contributed by atoms with van der Waals surface area (Å²) in [6.45, 7) is 18.6. The SMILES string of the molecule is C=C(C(=O)OCC)C(O)CC.C=CC(=O)OCC.CC/C=C(\CBr)C(=O)OCC.CCC=O.CSC.[B]=NS. The van der Waals surface area contributed by atoms with Crippen molar-refractivity contribution in [3.05, 3.63) is 36.5 Å². The van der Waals surface area contributed by atoms with Gasteiger partial charge in [0, 0.05) is 23.4 Å². The second-order valence-corrected chi connectivity index (χ2v) is 7.82. The van der Waals surface area contributed by atoms with Gasteiger partial charge in [-0.2, -0.15) is 11.8 Å². The summed E-state index contributed by atoms with van der Waals surface area (Å²) < 4.78 is 16.6. The van der Waals surface area contributed by atoms with Crippen LogP contribution in [0.3, 0.4) is 0 Å². The molecule has 1 unspecified atom stereocenters. The van der Waals surface area contributed by atoms with Crippen molar-refractivity contribution in [2.45, 2.75) is 66.9 Å². The number of thiol groups is 1. The van der Waals surface area contributed by atoms with E-state index in [-0.39, 0.29) is 17.5 Å². The van der Waals surface area contributed by atoms with Crippen LogP contribution < -0.4 is 0 Å². The Morgan fingerprint density at radius 3 is 1.62 bits per heavy atom. The maximum atomic E-state index is 11.0. The Morgan fingerprint density at radius 2 is 1.38 bits per heavy atom. The van der Waals surface area contributed by atoms with Gasteiger partial charge in [-0.05, 0) is 46.1 Å². The first-order chi connectivity index (χ1) is 18.4. The Labute approximate surface area is 255 Å². The van der Waals surface area contributed by atoms with Crippen molar-refractivity contribution in [3.8, 4) is 0 Å². The van der Waals surface area contributed by atoms with Gasteiger partial charge in [0.15, 0.2) is 0 Å². The third-order valence-corrected chi connectivity index (χ3v) is 3.68. The van der Waals surface area contributed by atoms with Crippen LogP contribution in [0.25, 0.3) is 0 Å². The van der Waals surface area contributed by atoms with Gasteiger partial charge in [-0.15, -0.1) is 0 Å². The number of esters is 3. The molecule has 1 N–H and O–H groups in total. The monoisotopic (exact) mass is 656 g/mol. The summed E-state index contributed by atoms with van der Waals surface area (Å²) in [7, 11) is 4.34. The van der Waals surface area contributed by atoms with E-state index in [4.69, 9.17) is 9.84 Å². The minimum atomic E-state index is -0.769. The Hall–Kier alpha value is -1.70. The van der Waals surface area contributed by atoms with E-state index in [0.29, 0.717) is 43.6 Å². The Morgan fingerprint density at radius 1 is 1.00 bits per heavy atom. The Kier molecular flexibility index (Phi) is 59.4. The molecular weight excluding hydrogens is 609 g/mol. The molecule has 0 aromatic carbocycles. The molecule has 9 nitrogen and oxygen atoms in total. The second-order valence-electron chi connectivity index (χ2n) is 6.22. The number of aliphatic hydroxyl groups excluding tert-OH is 1. The fourth-order valence-corrected chi connectivity index (χ4v) is 1.93. The first-order valence-electron chi connectivity index (χ1n) is 12.1. The average Bonchev–Trinajstić information content (AvgIpc) is 2.92. The van der Waals surface area contributed by atoms with Crippen LogP contribution in [-0.2, 0) is 33.4 Å². The molecule has 0 bridgehead atoms. The predicted molar refractivity (Wildman–Crippen MR) is 171 cm³/mol. The molecule has 0 fully saturated rings. The number of alkyl halides is 1. The fraction of sp³-hybridized carbons (Fsp3) is 0.615. The number of ether oxygens (including phenoxy) is 3. The van der Waals surface area contributed by atoms with Crippen LogP contribution in [0.5, 0.6) is 0 Å². The molecule has 0 rings (SSSR count). The number of halogens is 1. The zero-order valence-corrected chi connectivity index (χ0v) is 28.0. The summed E-state index contributed by atoms with van der Waals surface area (Å²) in [6, 6.07) is 0. The maximum absolute atomic E-state index is 11.0. The summed E-state index contributed by atoms with van der Waals surface area (Å²) in [4.78, 5) is 41.2. The van der Waals surface area contributed by atoms with E-state index in [2.05, 4.69) is 63.3 Å². The average molecular weight is 658 g/mol. The molecule has 0 aromatic heterocycles. The molecule has 0 spiro atoms. The van der Waals surface area contributed by atoms with E-state index in [1.54, 1.807) is 39.5 Å². The third kappa shape index (κ3) is 49.8. The van der Waals surface area contributed by atoms with Gasteiger partial charge in [0.25, 0.3) is 0 Å². The molecule has 1 radical (unpaired) electrons. The molecule has 0 aliphatic carbocycles. The predicted octanol–water partition coefficient (Wildman–Crippen LogP) is 5.65. The molecule has 13 heteroatoms. The van der Waals surface area contributed by atoms with E-state index < -0.39 is 12.1 Å². The molecule has 0 aliphatic rings. The molecule has 39 heavy (non-hydrogen) atoms. The minimum absolute atomic E-state index is 0.134. The molecule has 0 aromatic rings. The van der Waals surface area contributed by atoms with Crippen LogP contribution in [0.1, 0.15) is 60.8 Å². The van der Waals surface area contributed by atoms with Crippen LogP contribution in [0.15, 0.2) is 40.8 Å². The van der Waals surface area contributed by atoms with Gasteiger partial charge in [-0.1, -0.05) is 55.9 Å². The quantitative estimate of drug-likeness (QED) is 0.0551. The Bertz CT molecular complexity index is 666. The number of hydrogen-bond acceptors (Lipinski definition) is 11. The number of rotatable bonds is 11. The molecule has 0 heterocycles. The van der Waals surface area contributed by atoms with Crippen LogP contribution in [0.2, 0.25) is 0 Å². The number of allylic oxidation sites excluding steroid dienone is 1. The number of aliphatic hydroxyl groups is 1. The Balaban J connectivity index is -0.0000000906. The van der Waals surface area contributed by atoms with Gasteiger partial charge in [-0.25, -0.2) is 14.4 Å². The van der Waals surface area contributed by atoms with Crippen LogP contribution in [0, 0.1) is 0 Å². The standard InChI is InChI=1S/C8H13BrO2.C8H14O3.C5H8O2.C3H6O.C2H6S.BHNS/c1-3-5-7(6-9)8(10)11-4-2;1-4-7(9)6(3)8(10)11-5-2;1-3-5(6)7-4-2;1-2-3-4;1-3-2;1-2-3/h5H,3-4,6H2,1-2H3;7,9H,3-5H2,1-2H3;3H,1,4H2,2H3;3H,2H2,1H3;1-2H3;3H/b7-5+;;;;;. The normalized spacial score (nSPS) is 9.44. The van der Waals surface area contributed by atoms with Gasteiger partial charge in [0.05, 0.1) is 31.5 Å². The summed E-state index contributed by atoms with van der Waals surface area (Å²) in [6.07, 6.45) is 9.18. The van der Waals surface area contributed by atoms with Gasteiger partial charge in [0.2, 0.25) is 0 Å². The summed E-state index contributed by atoms with van der Waals surface area (Å²) in [5.74, 6) is -1.09. The number of aldehydes is 1. The zero-order valence-electron chi connectivity index (χ0n) is 24.7. The summed E-state index contributed by atoms with van der Waals surface area (Å²) in [5.41, 5.74) is 0.837. The van der Waals surface area contributed by atoms with Gasteiger partial charge < -0.3 is 24.1 Å². The molecule has 1 atom stereocenters. The third-order valence-electron chi connectivity index (χ3n) is 3.08. The molecule has 0 saturated carbocycles. The van der Waals surface area contributed by atoms with Crippen molar-refractivity contribution in [1.29, 1.82) is 0 Å². The number of carbonyl (C=O) groups is 4. The van der Waals surface area contributed by atoms with Crippen molar-refractivity contribution >= 4 is 72.3 Å². The van der Waals surface area contributed by atoms with Gasteiger partial charge >= 0.3 is 42.7 Å². The van der Waals surface area contributed by atoms with E-state index in [9.17, 15) is 19.2 Å². The van der Waals surface area contributed by atoms with E-state index >= 15 is 0 Å². The van der Waals surface area contributed by atoms with E-state index in [1.807, 2.05) is 32.4 Å². The van der Waals surface area contributed by atoms with Crippen molar-refractivity contribution in [3.63, 3.8) is 0 Å². The second kappa shape index (κ2) is 46.2. The first-order valence-corrected chi connectivity index (χ1v) is 15.2. The number of nitrogens with zero attached hydrogens (tertiary/aromatic N) is 1. The molecular formula is C26H48BBrNO8S2. The van der Waals surface area contributed by atoms with E-state index in [1.165, 1.54) is 0 Å². The first kappa shape index (κ1) is 50.2.